The molecule has 2 aliphatic heterocycles. The van der Waals surface area contributed by atoms with Crippen molar-refractivity contribution < 1.29 is 0 Å². The van der Waals surface area contributed by atoms with E-state index in [1.807, 2.05) is 19.6 Å². The molecule has 2 heterocycles. The molecule has 1 fully saturated rings. The Morgan fingerprint density at radius 2 is 1.75 bits per heavy atom. The molecule has 0 aliphatic carbocycles. The van der Waals surface area contributed by atoms with Crippen LogP contribution < -0.4 is 11.1 Å². The number of nitrogens with zero attached hydrogens (tertiary/aromatic N) is 2. The number of nitrogens with one attached hydrogen (secondary N) is 1. The first-order valence-electron chi connectivity index (χ1n) is 7.00. The van der Waals surface area contributed by atoms with E-state index in [1.165, 1.54) is 44.1 Å². The SMILES string of the molecule is C1CCNC1.C[Si](C)(C)C#N.NC1=NCCCC[Se]1.[SeH2]. The Balaban J connectivity index is 0. The number of rotatable bonds is 0. The Labute approximate surface area is 142 Å². The maximum absolute atomic E-state index is 8.21. The van der Waals surface area contributed by atoms with Crippen molar-refractivity contribution in [2.45, 2.75) is 50.6 Å². The van der Waals surface area contributed by atoms with Gasteiger partial charge in [0, 0.05) is 5.69 Å². The maximum atomic E-state index is 8.21. The predicted molar refractivity (Wildman–Crippen MR) is 95.9 cm³/mol. The fraction of sp³-hybridized carbons (Fsp3) is 0.846. The van der Waals surface area contributed by atoms with Crippen molar-refractivity contribution in [1.29, 1.82) is 5.26 Å². The van der Waals surface area contributed by atoms with Gasteiger partial charge in [0.25, 0.3) is 0 Å². The van der Waals surface area contributed by atoms with Crippen LogP contribution in [0.3, 0.4) is 0 Å². The molecule has 20 heavy (non-hydrogen) atoms. The normalized spacial score (nSPS) is 17.8. The van der Waals surface area contributed by atoms with Gasteiger partial charge < -0.3 is 5.32 Å². The van der Waals surface area contributed by atoms with Crippen molar-refractivity contribution in [2.75, 3.05) is 19.6 Å². The summed E-state index contributed by atoms with van der Waals surface area (Å²) in [5.74, 6) is 0. The van der Waals surface area contributed by atoms with Gasteiger partial charge in [-0.3, -0.25) is 0 Å². The van der Waals surface area contributed by atoms with Crippen molar-refractivity contribution in [3.8, 4) is 5.69 Å². The van der Waals surface area contributed by atoms with Crippen LogP contribution in [0.4, 0.5) is 0 Å². The van der Waals surface area contributed by atoms with Gasteiger partial charge in [0.2, 0.25) is 0 Å². The second kappa shape index (κ2) is 14.1. The van der Waals surface area contributed by atoms with Crippen molar-refractivity contribution >= 4 is 44.8 Å². The average molecular weight is 428 g/mol. The zero-order valence-electron chi connectivity index (χ0n) is 13.0. The van der Waals surface area contributed by atoms with Crippen LogP contribution in [-0.4, -0.2) is 64.5 Å². The van der Waals surface area contributed by atoms with Crippen LogP contribution >= 0.6 is 0 Å². The van der Waals surface area contributed by atoms with E-state index in [4.69, 9.17) is 11.0 Å². The number of nitrogens with two attached hydrogens (primary N) is 1. The molecule has 0 amide bonds. The van der Waals surface area contributed by atoms with Crippen molar-refractivity contribution in [1.82, 2.24) is 5.32 Å². The van der Waals surface area contributed by atoms with Crippen LogP contribution in [0.1, 0.15) is 25.7 Å². The van der Waals surface area contributed by atoms with Crippen molar-refractivity contribution in [3.63, 3.8) is 0 Å². The molecule has 0 atom stereocenters. The van der Waals surface area contributed by atoms with Gasteiger partial charge in [-0.05, 0) is 25.9 Å². The van der Waals surface area contributed by atoms with Gasteiger partial charge >= 0.3 is 72.2 Å². The molecular weight excluding hydrogens is 398 g/mol. The molecule has 0 aromatic rings. The van der Waals surface area contributed by atoms with Crippen LogP contribution in [0.5, 0.6) is 0 Å². The average Bonchev–Trinajstić information content (AvgIpc) is 2.85. The molecule has 0 aromatic heterocycles. The molecule has 2 rings (SSSR count). The minimum absolute atomic E-state index is 0. The van der Waals surface area contributed by atoms with E-state index in [0.717, 1.165) is 11.3 Å². The number of nitriles is 1. The molecule has 0 radical (unpaired) electrons. The molecule has 7 heteroatoms. The Bertz CT molecular complexity index is 286. The van der Waals surface area contributed by atoms with Gasteiger partial charge in [-0.1, -0.05) is 19.6 Å². The summed E-state index contributed by atoms with van der Waals surface area (Å²) in [6.45, 7) is 9.53. The molecule has 0 saturated carbocycles. The molecule has 0 spiro atoms. The monoisotopic (exact) mass is 430 g/mol. The van der Waals surface area contributed by atoms with E-state index in [-0.39, 0.29) is 17.1 Å². The first-order chi connectivity index (χ1) is 8.95. The number of hydrogen-bond donors (Lipinski definition) is 2. The van der Waals surface area contributed by atoms with Gasteiger partial charge in [-0.2, -0.15) is 0 Å². The fourth-order valence-corrected chi connectivity index (χ4v) is 2.80. The van der Waals surface area contributed by atoms with Crippen LogP contribution in [-0.2, 0) is 0 Å². The Morgan fingerprint density at radius 3 is 2.15 bits per heavy atom. The van der Waals surface area contributed by atoms with E-state index < -0.39 is 8.07 Å². The summed E-state index contributed by atoms with van der Waals surface area (Å²) in [5.41, 5.74) is 7.76. The molecule has 0 bridgehead atoms. The summed E-state index contributed by atoms with van der Waals surface area (Å²) < 4.78 is 0.912. The minimum atomic E-state index is -1.33. The van der Waals surface area contributed by atoms with Crippen molar-refractivity contribution in [2.24, 2.45) is 10.7 Å². The Morgan fingerprint density at radius 1 is 1.20 bits per heavy atom. The van der Waals surface area contributed by atoms with E-state index in [1.54, 1.807) is 0 Å². The second-order valence-electron chi connectivity index (χ2n) is 5.59. The molecule has 118 valence electrons. The van der Waals surface area contributed by atoms with Gasteiger partial charge in [-0.15, -0.1) is 0 Å². The summed E-state index contributed by atoms with van der Waals surface area (Å²) in [4.78, 5) is 4.15. The summed E-state index contributed by atoms with van der Waals surface area (Å²) >= 11 is 0.524. The first-order valence-corrected chi connectivity index (χ1v) is 12.6. The molecule has 3 N–H and O–H groups in total. The molecule has 0 unspecified atom stereocenters. The Kier molecular flexibility index (Phi) is 15.9. The summed E-state index contributed by atoms with van der Waals surface area (Å²) in [6.07, 6.45) is 5.34. The van der Waals surface area contributed by atoms with E-state index in [2.05, 4.69) is 16.0 Å². The van der Waals surface area contributed by atoms with Gasteiger partial charge in [0.15, 0.2) is 8.07 Å². The zero-order valence-corrected chi connectivity index (χ0v) is 17.8. The summed E-state index contributed by atoms with van der Waals surface area (Å²) in [7, 11) is -1.33. The predicted octanol–water partition coefficient (Wildman–Crippen LogP) is 1.06. The third-order valence-corrected chi connectivity index (χ3v) is 4.96. The quantitative estimate of drug-likeness (QED) is 0.567. The zero-order chi connectivity index (χ0) is 14.6. The van der Waals surface area contributed by atoms with Gasteiger partial charge in [0.1, 0.15) is 0 Å². The van der Waals surface area contributed by atoms with E-state index in [9.17, 15) is 0 Å². The topological polar surface area (TPSA) is 74.2 Å². The molecule has 4 nitrogen and oxygen atoms in total. The number of amidine groups is 1. The third-order valence-electron chi connectivity index (χ3n) is 2.36. The van der Waals surface area contributed by atoms with E-state index in [0.29, 0.717) is 15.0 Å². The third kappa shape index (κ3) is 18.2. The van der Waals surface area contributed by atoms with E-state index >= 15 is 0 Å². The number of aliphatic imine (C=N–C) groups is 1. The van der Waals surface area contributed by atoms with Gasteiger partial charge in [0.05, 0.1) is 0 Å². The summed E-state index contributed by atoms with van der Waals surface area (Å²) in [6, 6.07) is 0. The standard InChI is InChI=1S/C5H10N2Se.C4H9NSi.C4H9N.H2Se/c6-5-7-3-1-2-4-8-5;1-6(2,3)4-5;1-2-4-5-3-1;/h1-4H2,(H2,6,7);1-3H3;5H,1-4H2;1H2. The van der Waals surface area contributed by atoms with Crippen molar-refractivity contribution in [3.05, 3.63) is 0 Å². The second-order valence-corrected chi connectivity index (χ2v) is 12.7. The van der Waals surface area contributed by atoms with Crippen LogP contribution in [0.2, 0.25) is 25.0 Å². The van der Waals surface area contributed by atoms with Crippen LogP contribution in [0.25, 0.3) is 0 Å². The fourth-order valence-electron chi connectivity index (χ4n) is 1.25. The first kappa shape index (κ1) is 22.5. The van der Waals surface area contributed by atoms with Crippen LogP contribution in [0, 0.1) is 11.0 Å². The molecule has 1 saturated heterocycles. The van der Waals surface area contributed by atoms with Crippen LogP contribution in [0.15, 0.2) is 4.99 Å². The Hall–Kier alpha value is 0.176. The molecular formula is C13H30N4Se2Si. The molecule has 0 aromatic carbocycles. The number of hydrogen-bond acceptors (Lipinski definition) is 4. The molecule has 2 aliphatic rings. The summed E-state index contributed by atoms with van der Waals surface area (Å²) in [5, 5.41) is 12.7. The van der Waals surface area contributed by atoms with Gasteiger partial charge in [-0.25, -0.2) is 5.26 Å².